The predicted octanol–water partition coefficient (Wildman–Crippen LogP) is 10.7. The predicted molar refractivity (Wildman–Crippen MR) is 221 cm³/mol. The fourth-order valence-corrected chi connectivity index (χ4v) is 10.1. The van der Waals surface area contributed by atoms with Crippen molar-refractivity contribution in [3.8, 4) is 0 Å². The van der Waals surface area contributed by atoms with Crippen LogP contribution in [0.25, 0.3) is 32.4 Å². The molecule has 3 aliphatic rings. The lowest BCUT2D eigenvalue weighted by Gasteiger charge is -2.58. The summed E-state index contributed by atoms with van der Waals surface area (Å²) in [7, 11) is 0. The van der Waals surface area contributed by atoms with Gasteiger partial charge < -0.3 is 14.3 Å². The summed E-state index contributed by atoms with van der Waals surface area (Å²) in [5.41, 5.74) is 4.61. The van der Waals surface area contributed by atoms with Gasteiger partial charge in [-0.1, -0.05) is 133 Å². The van der Waals surface area contributed by atoms with Crippen LogP contribution in [0.4, 0.5) is 0 Å². The average Bonchev–Trinajstić information content (AvgIpc) is 3.23. The Hall–Kier alpha value is -5.39. The van der Waals surface area contributed by atoms with Crippen LogP contribution >= 0.6 is 0 Å². The lowest BCUT2D eigenvalue weighted by Crippen LogP contribution is -2.67. The largest absolute Gasteiger partial charge is 0.376 e. The number of quaternary nitrogens is 1. The van der Waals surface area contributed by atoms with Crippen LogP contribution in [0.5, 0.6) is 0 Å². The first-order valence-electron chi connectivity index (χ1n) is 19.4. The maximum atomic E-state index is 13.6. The van der Waals surface area contributed by atoms with Gasteiger partial charge in [0, 0.05) is 47.0 Å². The van der Waals surface area contributed by atoms with E-state index in [0.717, 1.165) is 86.1 Å². The number of rotatable bonds is 11. The number of piperidine rings is 3. The number of hydrogen-bond donors (Lipinski definition) is 1. The second-order valence-electron chi connectivity index (χ2n) is 15.5. The lowest BCUT2D eigenvalue weighted by atomic mass is 9.71. The van der Waals surface area contributed by atoms with Crippen molar-refractivity contribution >= 4 is 32.4 Å². The molecule has 0 spiro atoms. The maximum Gasteiger partial charge on any atom is 0.141 e. The van der Waals surface area contributed by atoms with Crippen molar-refractivity contribution in [1.29, 1.82) is 0 Å². The highest BCUT2D eigenvalue weighted by Gasteiger charge is 2.54. The summed E-state index contributed by atoms with van der Waals surface area (Å²) in [6.45, 7) is 11.7. The van der Waals surface area contributed by atoms with Gasteiger partial charge in [0.15, 0.2) is 0 Å². The minimum absolute atomic E-state index is 0.129. The molecule has 0 unspecified atom stereocenters. The molecule has 10 rings (SSSR count). The first-order chi connectivity index (χ1) is 26.5. The lowest BCUT2D eigenvalue weighted by molar-refractivity contribution is -0.985. The first kappa shape index (κ1) is 34.4. The molecule has 0 amide bonds. The molecule has 3 fully saturated rings. The molecular weight excluding hydrogens is 661 g/mol. The van der Waals surface area contributed by atoms with Crippen LogP contribution in [-0.2, 0) is 16.9 Å². The van der Waals surface area contributed by atoms with E-state index >= 15 is 0 Å². The molecule has 5 atom stereocenters. The second-order valence-corrected chi connectivity index (χ2v) is 15.5. The van der Waals surface area contributed by atoms with E-state index in [-0.39, 0.29) is 12.1 Å². The number of aliphatic hydroxyl groups is 1. The Morgan fingerprint density at radius 3 is 2.13 bits per heavy atom. The molecule has 3 aliphatic heterocycles. The van der Waals surface area contributed by atoms with Crippen LogP contribution < -0.4 is 0 Å². The topological polar surface area (TPSA) is 42.4 Å². The summed E-state index contributed by atoms with van der Waals surface area (Å²) < 4.78 is 7.76. The highest BCUT2D eigenvalue weighted by atomic mass is 16.5. The Kier molecular flexibility index (Phi) is 8.99. The third kappa shape index (κ3) is 5.77. The number of aromatic nitrogens is 1. The molecule has 4 nitrogen and oxygen atoms in total. The van der Waals surface area contributed by atoms with E-state index in [1.807, 2.05) is 12.3 Å². The standard InChI is InChI=1S/C50H47N2O2/c1-3-30-54-49(44-26-28-51-47-25-10-9-22-43(44)47)48-32-39-27-29-52(48,34-36(39)4-2)33-35-14-11-19-40(31-35)50(53,45-23-12-17-37-15-5-7-20-41(37)45)46-24-13-18-38-16-6-8-21-42(38)46/h3-26,28,31,36,39,48-49,53H,1-2,27,29-30,32-34H2/q+1/t36-,39-,48+,49-,52+/m0/s1. The van der Waals surface area contributed by atoms with E-state index in [0.29, 0.717) is 18.4 Å². The highest BCUT2D eigenvalue weighted by molar-refractivity contribution is 5.92. The normalized spacial score (nSPS) is 21.7. The fraction of sp³-hybridized carbons (Fsp3) is 0.220. The summed E-state index contributed by atoms with van der Waals surface area (Å²) >= 11 is 0. The Bertz CT molecular complexity index is 2410. The molecule has 0 radical (unpaired) electrons. The van der Waals surface area contributed by atoms with Gasteiger partial charge in [0.05, 0.1) is 25.2 Å². The van der Waals surface area contributed by atoms with E-state index < -0.39 is 5.60 Å². The molecule has 0 saturated carbocycles. The van der Waals surface area contributed by atoms with E-state index in [4.69, 9.17) is 9.72 Å². The summed E-state index contributed by atoms with van der Waals surface area (Å²) in [6, 6.07) is 49.0. The highest BCUT2D eigenvalue weighted by Crippen LogP contribution is 2.50. The van der Waals surface area contributed by atoms with Crippen molar-refractivity contribution in [2.45, 2.75) is 37.1 Å². The van der Waals surface area contributed by atoms with Gasteiger partial charge in [-0.05, 0) is 56.8 Å². The fourth-order valence-electron chi connectivity index (χ4n) is 10.1. The smallest absolute Gasteiger partial charge is 0.141 e. The Morgan fingerprint density at radius 1 is 0.778 bits per heavy atom. The Balaban J connectivity index is 1.19. The quantitative estimate of drug-likeness (QED) is 0.0827. The maximum absolute atomic E-state index is 13.6. The molecule has 1 aromatic heterocycles. The van der Waals surface area contributed by atoms with Crippen LogP contribution in [0.15, 0.2) is 171 Å². The molecule has 4 heteroatoms. The van der Waals surface area contributed by atoms with Gasteiger partial charge in [-0.3, -0.25) is 4.98 Å². The molecule has 6 aromatic carbocycles. The van der Waals surface area contributed by atoms with E-state index in [2.05, 4.69) is 159 Å². The first-order valence-corrected chi connectivity index (χ1v) is 19.4. The number of pyridine rings is 1. The summed E-state index contributed by atoms with van der Waals surface area (Å²) in [5.74, 6) is 1.01. The molecule has 268 valence electrons. The van der Waals surface area contributed by atoms with Gasteiger partial charge in [-0.15, -0.1) is 13.2 Å². The van der Waals surface area contributed by atoms with Crippen molar-refractivity contribution in [3.63, 3.8) is 0 Å². The minimum atomic E-state index is -1.42. The number of fused-ring (bicyclic) bond motifs is 6. The number of ether oxygens (including phenoxy) is 1. The molecular formula is C50H47N2O2+. The molecule has 4 heterocycles. The van der Waals surface area contributed by atoms with Gasteiger partial charge in [-0.2, -0.15) is 0 Å². The summed E-state index contributed by atoms with van der Waals surface area (Å²) in [6.07, 6.45) is 8.09. The minimum Gasteiger partial charge on any atom is -0.376 e. The van der Waals surface area contributed by atoms with Gasteiger partial charge in [0.1, 0.15) is 24.3 Å². The van der Waals surface area contributed by atoms with E-state index in [1.165, 1.54) is 11.1 Å². The van der Waals surface area contributed by atoms with Gasteiger partial charge in [-0.25, -0.2) is 0 Å². The van der Waals surface area contributed by atoms with Crippen LogP contribution in [0.2, 0.25) is 0 Å². The molecule has 54 heavy (non-hydrogen) atoms. The molecule has 1 N–H and O–H groups in total. The average molecular weight is 708 g/mol. The van der Waals surface area contributed by atoms with Gasteiger partial charge in [0.25, 0.3) is 0 Å². The molecule has 2 bridgehead atoms. The zero-order valence-electron chi connectivity index (χ0n) is 30.7. The number of para-hydroxylation sites is 1. The summed E-state index contributed by atoms with van der Waals surface area (Å²) in [4.78, 5) is 4.71. The van der Waals surface area contributed by atoms with Crippen molar-refractivity contribution in [3.05, 3.63) is 199 Å². The number of hydrogen-bond acceptors (Lipinski definition) is 3. The van der Waals surface area contributed by atoms with Gasteiger partial charge in [0.2, 0.25) is 0 Å². The van der Waals surface area contributed by atoms with Crippen molar-refractivity contribution < 1.29 is 14.3 Å². The van der Waals surface area contributed by atoms with Crippen molar-refractivity contribution in [1.82, 2.24) is 4.98 Å². The van der Waals surface area contributed by atoms with Crippen LogP contribution in [-0.4, -0.2) is 40.3 Å². The third-order valence-corrected chi connectivity index (χ3v) is 12.6. The Labute approximate surface area is 318 Å². The monoisotopic (exact) mass is 707 g/mol. The molecule has 0 aliphatic carbocycles. The van der Waals surface area contributed by atoms with E-state index in [9.17, 15) is 5.11 Å². The van der Waals surface area contributed by atoms with Crippen LogP contribution in [0, 0.1) is 11.8 Å². The molecule has 3 saturated heterocycles. The van der Waals surface area contributed by atoms with Gasteiger partial charge >= 0.3 is 0 Å². The van der Waals surface area contributed by atoms with Crippen LogP contribution in [0.1, 0.15) is 46.8 Å². The van der Waals surface area contributed by atoms with Crippen LogP contribution in [0.3, 0.4) is 0 Å². The second kappa shape index (κ2) is 14.1. The number of benzene rings is 6. The SMILES string of the molecule is C=CCO[C@@H](c1ccnc2ccccc12)[C@H]1C[C@@H]2CC[N@@+]1(Cc1cccc(C(O)(c3cccc4ccccc34)c3cccc4ccccc34)c1)C[C@@H]2C=C. The van der Waals surface area contributed by atoms with Crippen molar-refractivity contribution in [2.24, 2.45) is 11.8 Å². The third-order valence-electron chi connectivity index (χ3n) is 12.6. The zero-order chi connectivity index (χ0) is 36.7. The van der Waals surface area contributed by atoms with Crippen molar-refractivity contribution in [2.75, 3.05) is 19.7 Å². The zero-order valence-corrected chi connectivity index (χ0v) is 30.7. The number of nitrogens with zero attached hydrogens (tertiary/aromatic N) is 2. The Morgan fingerprint density at radius 2 is 1.43 bits per heavy atom. The summed E-state index contributed by atoms with van der Waals surface area (Å²) in [5, 5.41) is 19.0. The van der Waals surface area contributed by atoms with E-state index in [1.54, 1.807) is 0 Å². The molecule has 7 aromatic rings.